The minimum absolute atomic E-state index is 0.261. The minimum atomic E-state index is -2.28. The summed E-state index contributed by atoms with van der Waals surface area (Å²) in [6, 6.07) is 3.13. The standard InChI is InChI=1S/C13H7F5O2S/c1-5-2-3-7(21-5)6(19)4-20-13-11(17)9(15)8(14)10(16)12(13)18/h2-3H,4H2,1H3. The van der Waals surface area contributed by atoms with E-state index in [-0.39, 0.29) is 4.88 Å². The molecule has 112 valence electrons. The zero-order chi connectivity index (χ0) is 15.7. The van der Waals surface area contributed by atoms with Crippen molar-refractivity contribution in [3.05, 3.63) is 51.0 Å². The quantitative estimate of drug-likeness (QED) is 0.368. The molecule has 21 heavy (non-hydrogen) atoms. The molecule has 1 aromatic carbocycles. The van der Waals surface area contributed by atoms with Crippen molar-refractivity contribution in [2.75, 3.05) is 6.61 Å². The first-order chi connectivity index (χ1) is 9.82. The van der Waals surface area contributed by atoms with Gasteiger partial charge in [-0.15, -0.1) is 11.3 Å². The molecule has 0 saturated carbocycles. The van der Waals surface area contributed by atoms with E-state index in [1.165, 1.54) is 6.07 Å². The molecule has 0 spiro atoms. The first-order valence-electron chi connectivity index (χ1n) is 5.56. The second-order valence-electron chi connectivity index (χ2n) is 4.02. The van der Waals surface area contributed by atoms with E-state index >= 15 is 0 Å². The molecule has 0 radical (unpaired) electrons. The highest BCUT2D eigenvalue weighted by molar-refractivity contribution is 7.14. The van der Waals surface area contributed by atoms with E-state index < -0.39 is 47.2 Å². The van der Waals surface area contributed by atoms with Crippen LogP contribution in [0.25, 0.3) is 0 Å². The number of ether oxygens (including phenoxy) is 1. The summed E-state index contributed by atoms with van der Waals surface area (Å²) in [6.07, 6.45) is 0. The van der Waals surface area contributed by atoms with Gasteiger partial charge in [0.2, 0.25) is 34.9 Å². The highest BCUT2D eigenvalue weighted by Crippen LogP contribution is 2.29. The van der Waals surface area contributed by atoms with Gasteiger partial charge in [0.15, 0.2) is 12.4 Å². The Labute approximate surface area is 119 Å². The Hall–Kier alpha value is -1.96. The van der Waals surface area contributed by atoms with Gasteiger partial charge in [-0.1, -0.05) is 0 Å². The Bertz CT molecular complexity index is 682. The number of halogens is 5. The summed E-state index contributed by atoms with van der Waals surface area (Å²) < 4.78 is 69.8. The molecule has 0 aliphatic heterocycles. The van der Waals surface area contributed by atoms with Crippen LogP contribution >= 0.6 is 11.3 Å². The fourth-order valence-electron chi connectivity index (χ4n) is 1.50. The molecule has 0 bridgehead atoms. The summed E-state index contributed by atoms with van der Waals surface area (Å²) in [5, 5.41) is 0. The molecular formula is C13H7F5O2S. The van der Waals surface area contributed by atoms with E-state index in [1.54, 1.807) is 13.0 Å². The summed E-state index contributed by atoms with van der Waals surface area (Å²) >= 11 is 1.12. The lowest BCUT2D eigenvalue weighted by Crippen LogP contribution is -2.14. The number of carbonyl (C=O) groups is 1. The molecule has 1 aromatic heterocycles. The van der Waals surface area contributed by atoms with Crippen LogP contribution in [0.1, 0.15) is 14.5 Å². The van der Waals surface area contributed by atoms with Crippen molar-refractivity contribution >= 4 is 17.1 Å². The highest BCUT2D eigenvalue weighted by atomic mass is 32.1. The Balaban J connectivity index is 2.23. The SMILES string of the molecule is Cc1ccc(C(=O)COc2c(F)c(F)c(F)c(F)c2F)s1. The first-order valence-corrected chi connectivity index (χ1v) is 6.38. The number of thiophene rings is 1. The van der Waals surface area contributed by atoms with E-state index in [1.807, 2.05) is 0 Å². The summed E-state index contributed by atoms with van der Waals surface area (Å²) in [7, 11) is 0. The smallest absolute Gasteiger partial charge is 0.210 e. The van der Waals surface area contributed by atoms with Gasteiger partial charge in [-0.3, -0.25) is 4.79 Å². The van der Waals surface area contributed by atoms with Crippen LogP contribution in [0.15, 0.2) is 12.1 Å². The number of aryl methyl sites for hydroxylation is 1. The van der Waals surface area contributed by atoms with Crippen molar-refractivity contribution in [2.24, 2.45) is 0 Å². The Morgan fingerprint density at radius 3 is 2.00 bits per heavy atom. The molecule has 0 amide bonds. The second-order valence-corrected chi connectivity index (χ2v) is 5.31. The molecule has 2 aromatic rings. The minimum Gasteiger partial charge on any atom is -0.479 e. The van der Waals surface area contributed by atoms with Gasteiger partial charge in [0.1, 0.15) is 0 Å². The van der Waals surface area contributed by atoms with Crippen LogP contribution in [-0.4, -0.2) is 12.4 Å². The molecular weight excluding hydrogens is 315 g/mol. The lowest BCUT2D eigenvalue weighted by molar-refractivity contribution is 0.0917. The maximum absolute atomic E-state index is 13.3. The molecule has 0 unspecified atom stereocenters. The lowest BCUT2D eigenvalue weighted by atomic mass is 10.2. The third kappa shape index (κ3) is 2.90. The third-order valence-electron chi connectivity index (χ3n) is 2.53. The van der Waals surface area contributed by atoms with Gasteiger partial charge in [0, 0.05) is 4.88 Å². The fraction of sp³-hybridized carbons (Fsp3) is 0.154. The molecule has 0 aliphatic rings. The van der Waals surface area contributed by atoms with E-state index in [0.29, 0.717) is 0 Å². The van der Waals surface area contributed by atoms with Crippen LogP contribution in [0.2, 0.25) is 0 Å². The second kappa shape index (κ2) is 5.80. The number of benzene rings is 1. The normalized spacial score (nSPS) is 10.8. The van der Waals surface area contributed by atoms with Crippen molar-refractivity contribution in [2.45, 2.75) is 6.92 Å². The van der Waals surface area contributed by atoms with Gasteiger partial charge >= 0.3 is 0 Å². The van der Waals surface area contributed by atoms with Crippen LogP contribution in [-0.2, 0) is 0 Å². The molecule has 8 heteroatoms. The molecule has 0 atom stereocenters. The first kappa shape index (κ1) is 15.4. The molecule has 1 heterocycles. The van der Waals surface area contributed by atoms with Gasteiger partial charge in [-0.2, -0.15) is 8.78 Å². The van der Waals surface area contributed by atoms with Gasteiger partial charge in [0.25, 0.3) is 0 Å². The van der Waals surface area contributed by atoms with E-state index in [0.717, 1.165) is 16.2 Å². The Morgan fingerprint density at radius 1 is 1.00 bits per heavy atom. The van der Waals surface area contributed by atoms with E-state index in [9.17, 15) is 26.7 Å². The fourth-order valence-corrected chi connectivity index (χ4v) is 2.30. The van der Waals surface area contributed by atoms with Gasteiger partial charge in [-0.25, -0.2) is 13.2 Å². The number of carbonyl (C=O) groups excluding carboxylic acids is 1. The van der Waals surface area contributed by atoms with Crippen LogP contribution in [0.5, 0.6) is 5.75 Å². The van der Waals surface area contributed by atoms with Gasteiger partial charge in [-0.05, 0) is 19.1 Å². The predicted octanol–water partition coefficient (Wildman–Crippen LogP) is 4.01. The molecule has 0 aliphatic carbocycles. The van der Waals surface area contributed by atoms with Gasteiger partial charge in [0.05, 0.1) is 4.88 Å². The summed E-state index contributed by atoms with van der Waals surface area (Å²) in [6.45, 7) is 0.907. The van der Waals surface area contributed by atoms with Crippen LogP contribution in [0.3, 0.4) is 0 Å². The average Bonchev–Trinajstić information content (AvgIpc) is 2.89. The van der Waals surface area contributed by atoms with Crippen molar-refractivity contribution in [1.82, 2.24) is 0 Å². The molecule has 0 saturated heterocycles. The topological polar surface area (TPSA) is 26.3 Å². The maximum Gasteiger partial charge on any atom is 0.210 e. The van der Waals surface area contributed by atoms with Gasteiger partial charge < -0.3 is 4.74 Å². The number of Topliss-reactive ketones (excluding diaryl/α,β-unsaturated/α-hetero) is 1. The Morgan fingerprint density at radius 2 is 1.52 bits per heavy atom. The zero-order valence-electron chi connectivity index (χ0n) is 10.5. The maximum atomic E-state index is 13.3. The summed E-state index contributed by atoms with van der Waals surface area (Å²) in [4.78, 5) is 12.8. The predicted molar refractivity (Wildman–Crippen MR) is 65.1 cm³/mol. The number of rotatable bonds is 4. The lowest BCUT2D eigenvalue weighted by Gasteiger charge is -2.09. The molecule has 0 N–H and O–H groups in total. The van der Waals surface area contributed by atoms with Crippen molar-refractivity contribution < 1.29 is 31.5 Å². The molecule has 0 fully saturated rings. The van der Waals surface area contributed by atoms with Crippen LogP contribution in [0.4, 0.5) is 22.0 Å². The van der Waals surface area contributed by atoms with Crippen molar-refractivity contribution in [3.63, 3.8) is 0 Å². The number of hydrogen-bond donors (Lipinski definition) is 0. The summed E-state index contributed by atoms with van der Waals surface area (Å²) in [5.74, 6) is -12.8. The highest BCUT2D eigenvalue weighted by Gasteiger charge is 2.27. The molecule has 2 nitrogen and oxygen atoms in total. The molecule has 2 rings (SSSR count). The summed E-state index contributed by atoms with van der Waals surface area (Å²) in [5.41, 5.74) is 0. The van der Waals surface area contributed by atoms with Crippen molar-refractivity contribution in [1.29, 1.82) is 0 Å². The number of ketones is 1. The van der Waals surface area contributed by atoms with E-state index in [4.69, 9.17) is 0 Å². The largest absolute Gasteiger partial charge is 0.479 e. The Kier molecular flexibility index (Phi) is 4.26. The van der Waals surface area contributed by atoms with Crippen molar-refractivity contribution in [3.8, 4) is 5.75 Å². The third-order valence-corrected chi connectivity index (χ3v) is 3.57. The van der Waals surface area contributed by atoms with Crippen LogP contribution < -0.4 is 4.74 Å². The monoisotopic (exact) mass is 322 g/mol. The van der Waals surface area contributed by atoms with E-state index in [2.05, 4.69) is 4.74 Å². The van der Waals surface area contributed by atoms with Crippen LogP contribution in [0, 0.1) is 36.0 Å². The zero-order valence-corrected chi connectivity index (χ0v) is 11.3. The number of hydrogen-bond acceptors (Lipinski definition) is 3. The average molecular weight is 322 g/mol.